The van der Waals surface area contributed by atoms with E-state index in [9.17, 15) is 19.4 Å². The molecule has 5 rings (SSSR count). The number of phosphoric acid groups is 1. The molecule has 2 aromatic carbocycles. The Labute approximate surface area is 195 Å². The number of ether oxygens (including phenoxy) is 1. The molecule has 0 saturated heterocycles. The van der Waals surface area contributed by atoms with Gasteiger partial charge in [0, 0.05) is 5.56 Å². The summed E-state index contributed by atoms with van der Waals surface area (Å²) in [5.74, 6) is 0.423. The number of hydrogen-bond acceptors (Lipinski definition) is 7. The third kappa shape index (κ3) is 3.69. The second kappa shape index (κ2) is 7.52. The van der Waals surface area contributed by atoms with Gasteiger partial charge in [-0.15, -0.1) is 0 Å². The van der Waals surface area contributed by atoms with Crippen molar-refractivity contribution < 1.29 is 32.8 Å². The van der Waals surface area contributed by atoms with Crippen LogP contribution in [-0.2, 0) is 11.0 Å². The average molecular weight is 482 g/mol. The Balaban J connectivity index is 1.75. The van der Waals surface area contributed by atoms with E-state index >= 15 is 0 Å². The molecule has 9 heteroatoms. The van der Waals surface area contributed by atoms with E-state index in [0.29, 0.717) is 28.9 Å². The molecule has 0 spiro atoms. The molecular formula is C25H23O8P. The van der Waals surface area contributed by atoms with Crippen LogP contribution in [-0.4, -0.2) is 15.6 Å². The van der Waals surface area contributed by atoms with Crippen LogP contribution in [0.4, 0.5) is 0 Å². The van der Waals surface area contributed by atoms with Gasteiger partial charge in [0.25, 0.3) is 0 Å². The Bertz CT molecular complexity index is 1520. The molecule has 1 atom stereocenters. The van der Waals surface area contributed by atoms with E-state index in [2.05, 4.69) is 0 Å². The van der Waals surface area contributed by atoms with Gasteiger partial charge in [0.15, 0.2) is 17.1 Å². The summed E-state index contributed by atoms with van der Waals surface area (Å²) >= 11 is 0. The molecule has 3 aromatic rings. The van der Waals surface area contributed by atoms with E-state index < -0.39 is 18.9 Å². The van der Waals surface area contributed by atoms with E-state index in [1.807, 2.05) is 45.9 Å². The second-order valence-electron chi connectivity index (χ2n) is 9.09. The maximum absolute atomic E-state index is 13.6. The topological polar surface area (TPSA) is 115 Å². The van der Waals surface area contributed by atoms with Crippen molar-refractivity contribution in [1.82, 2.24) is 0 Å². The Morgan fingerprint density at radius 1 is 1.18 bits per heavy atom. The Hall–Kier alpha value is -3.48. The Morgan fingerprint density at radius 3 is 2.65 bits per heavy atom. The zero-order chi connectivity index (χ0) is 24.4. The van der Waals surface area contributed by atoms with Crippen LogP contribution in [0.15, 0.2) is 51.4 Å². The Morgan fingerprint density at radius 2 is 1.91 bits per heavy atom. The lowest BCUT2D eigenvalue weighted by Gasteiger charge is -2.30. The van der Waals surface area contributed by atoms with Crippen molar-refractivity contribution >= 4 is 24.9 Å². The summed E-state index contributed by atoms with van der Waals surface area (Å²) in [6, 6.07) is 4.42. The second-order valence-corrected chi connectivity index (χ2v) is 10.4. The SMILES string of the molecule is CC(C)=CCc1c2c(c3occ(-c4ccc5c(c4)OP(=O)(O)O5)c(=O)c3c1O)C=CC(C)(C)O2. The number of fused-ring (bicyclic) bond motifs is 4. The normalized spacial score (nSPS) is 19.6. The fraction of sp³-hybridized carbons (Fsp3) is 0.240. The number of aromatic hydroxyl groups is 1. The van der Waals surface area contributed by atoms with E-state index in [4.69, 9.17) is 18.2 Å². The lowest BCUT2D eigenvalue weighted by molar-refractivity contribution is 0.157. The van der Waals surface area contributed by atoms with Crippen molar-refractivity contribution in [3.8, 4) is 34.1 Å². The molecule has 34 heavy (non-hydrogen) atoms. The quantitative estimate of drug-likeness (QED) is 0.359. The van der Waals surface area contributed by atoms with Gasteiger partial charge in [-0.3, -0.25) is 9.69 Å². The fourth-order valence-electron chi connectivity index (χ4n) is 4.04. The van der Waals surface area contributed by atoms with Crippen molar-refractivity contribution in [2.45, 2.75) is 39.7 Å². The molecule has 0 aliphatic carbocycles. The summed E-state index contributed by atoms with van der Waals surface area (Å²) in [7, 11) is -4.21. The van der Waals surface area contributed by atoms with E-state index in [0.717, 1.165) is 5.57 Å². The van der Waals surface area contributed by atoms with Gasteiger partial charge in [-0.2, -0.15) is 0 Å². The molecule has 176 valence electrons. The highest BCUT2D eigenvalue weighted by Gasteiger charge is 2.35. The third-order valence-electron chi connectivity index (χ3n) is 5.69. The molecule has 1 unspecified atom stereocenters. The lowest BCUT2D eigenvalue weighted by atomic mass is 9.93. The minimum absolute atomic E-state index is 0.0341. The number of phosphoric ester groups is 1. The van der Waals surface area contributed by atoms with Crippen LogP contribution in [0.2, 0.25) is 0 Å². The van der Waals surface area contributed by atoms with Gasteiger partial charge in [-0.25, -0.2) is 4.57 Å². The van der Waals surface area contributed by atoms with Gasteiger partial charge < -0.3 is 23.3 Å². The number of rotatable bonds is 3. The first kappa shape index (κ1) is 22.3. The van der Waals surface area contributed by atoms with Gasteiger partial charge in [0.1, 0.15) is 28.7 Å². The summed E-state index contributed by atoms with van der Waals surface area (Å²) in [6.07, 6.45) is 7.33. The molecule has 2 aliphatic rings. The van der Waals surface area contributed by atoms with E-state index in [-0.39, 0.29) is 33.8 Å². The van der Waals surface area contributed by atoms with Crippen molar-refractivity contribution in [2.24, 2.45) is 0 Å². The van der Waals surface area contributed by atoms with Crippen molar-refractivity contribution in [3.05, 3.63) is 63.5 Å². The predicted molar refractivity (Wildman–Crippen MR) is 128 cm³/mol. The molecule has 2 N–H and O–H groups in total. The first-order valence-corrected chi connectivity index (χ1v) is 12.2. The average Bonchev–Trinajstić information content (AvgIpc) is 3.05. The summed E-state index contributed by atoms with van der Waals surface area (Å²) in [5.41, 5.74) is 1.85. The summed E-state index contributed by atoms with van der Waals surface area (Å²) < 4.78 is 33.6. The predicted octanol–water partition coefficient (Wildman–Crippen LogP) is 5.73. The van der Waals surface area contributed by atoms with E-state index in [1.54, 1.807) is 6.07 Å². The standard InChI is InChI=1S/C25H23O8P/c1-13(2)5-7-15-21(26)20-22(27)17(14-6-8-18-19(11-14)33-34(28,29)32-18)12-30-24(20)16-9-10-25(3,4)31-23(15)16/h5-6,8-12,26H,7H2,1-4H3,(H,28,29). The highest BCUT2D eigenvalue weighted by molar-refractivity contribution is 7.48. The maximum atomic E-state index is 13.6. The van der Waals surface area contributed by atoms with Crippen LogP contribution in [0.25, 0.3) is 28.2 Å². The van der Waals surface area contributed by atoms with Crippen LogP contribution in [0.5, 0.6) is 23.0 Å². The Kier molecular flexibility index (Phi) is 4.93. The minimum atomic E-state index is -4.21. The van der Waals surface area contributed by atoms with Gasteiger partial charge >= 0.3 is 7.82 Å². The number of allylic oxidation sites excluding steroid dienone is 2. The molecule has 0 amide bonds. The van der Waals surface area contributed by atoms with Crippen LogP contribution in [0, 0.1) is 0 Å². The highest BCUT2D eigenvalue weighted by Crippen LogP contribution is 2.56. The number of benzene rings is 2. The van der Waals surface area contributed by atoms with Crippen molar-refractivity contribution in [1.29, 1.82) is 0 Å². The number of phenols is 1. The minimum Gasteiger partial charge on any atom is -0.507 e. The lowest BCUT2D eigenvalue weighted by Crippen LogP contribution is -2.28. The van der Waals surface area contributed by atoms with E-state index in [1.165, 1.54) is 18.4 Å². The molecule has 0 saturated carbocycles. The number of hydrogen-bond donors (Lipinski definition) is 2. The zero-order valence-electron chi connectivity index (χ0n) is 19.0. The van der Waals surface area contributed by atoms with Gasteiger partial charge in [0.05, 0.1) is 11.1 Å². The molecule has 0 radical (unpaired) electrons. The molecule has 3 heterocycles. The first-order chi connectivity index (χ1) is 16.0. The summed E-state index contributed by atoms with van der Waals surface area (Å²) in [4.78, 5) is 23.2. The van der Waals surface area contributed by atoms with Crippen LogP contribution in [0.3, 0.4) is 0 Å². The van der Waals surface area contributed by atoms with Crippen molar-refractivity contribution in [3.63, 3.8) is 0 Å². The van der Waals surface area contributed by atoms with Gasteiger partial charge in [0.2, 0.25) is 5.43 Å². The van der Waals surface area contributed by atoms with Crippen LogP contribution < -0.4 is 19.2 Å². The molecular weight excluding hydrogens is 459 g/mol. The molecule has 2 aliphatic heterocycles. The van der Waals surface area contributed by atoms with Gasteiger partial charge in [-0.1, -0.05) is 17.7 Å². The van der Waals surface area contributed by atoms with Gasteiger partial charge in [-0.05, 0) is 64.0 Å². The van der Waals surface area contributed by atoms with Crippen molar-refractivity contribution in [2.75, 3.05) is 0 Å². The maximum Gasteiger partial charge on any atom is 0.585 e. The van der Waals surface area contributed by atoms with Crippen LogP contribution >= 0.6 is 7.82 Å². The largest absolute Gasteiger partial charge is 0.585 e. The summed E-state index contributed by atoms with van der Waals surface area (Å²) in [5, 5.41) is 11.3. The van der Waals surface area contributed by atoms with Crippen LogP contribution in [0.1, 0.15) is 38.8 Å². The number of phenolic OH excluding ortho intramolecular Hbond substituents is 1. The molecule has 1 aromatic heterocycles. The zero-order valence-corrected chi connectivity index (χ0v) is 19.9. The third-order valence-corrected chi connectivity index (χ3v) is 6.55. The molecule has 0 fully saturated rings. The first-order valence-electron chi connectivity index (χ1n) is 10.7. The molecule has 8 nitrogen and oxygen atoms in total. The summed E-state index contributed by atoms with van der Waals surface area (Å²) in [6.45, 7) is 7.71. The highest BCUT2D eigenvalue weighted by atomic mass is 31.2. The monoisotopic (exact) mass is 482 g/mol. The fourth-order valence-corrected chi connectivity index (χ4v) is 4.87. The molecule has 0 bridgehead atoms. The smallest absolute Gasteiger partial charge is 0.507 e.